The molecule has 0 amide bonds. The van der Waals surface area contributed by atoms with Crippen LogP contribution in [-0.4, -0.2) is 23.9 Å². The van der Waals surface area contributed by atoms with Crippen LogP contribution in [0.3, 0.4) is 0 Å². The maximum Gasteiger partial charge on any atom is 0.265 e. The number of benzene rings is 3. The quantitative estimate of drug-likeness (QED) is 0.518. The maximum atomic E-state index is 13.4. The Bertz CT molecular complexity index is 1350. The first-order valence-corrected chi connectivity index (χ1v) is 11.8. The second-order valence-electron chi connectivity index (χ2n) is 6.13. The molecular weight excluding hydrogens is 474 g/mol. The van der Waals surface area contributed by atoms with E-state index in [1.165, 1.54) is 31.4 Å². The smallest absolute Gasteiger partial charge is 0.265 e. The standard InChI is InChI=1S/C19H15ClF2N2O5S2/c1-29-18-9-6-12(23-30(25,26)13-7-8-15(21)16(22)11-13)10-19(18)31(27,28)24-17-5-3-2-4-14(17)20/h2-11,23-24H,1H3. The third-order valence-electron chi connectivity index (χ3n) is 4.02. The van der Waals surface area contributed by atoms with Crippen molar-refractivity contribution in [3.05, 3.63) is 77.3 Å². The van der Waals surface area contributed by atoms with Gasteiger partial charge in [0.2, 0.25) is 0 Å². The molecule has 0 spiro atoms. The van der Waals surface area contributed by atoms with E-state index in [1.807, 2.05) is 0 Å². The Morgan fingerprint density at radius 1 is 0.839 bits per heavy atom. The molecule has 12 heteroatoms. The normalized spacial score (nSPS) is 11.7. The number of methoxy groups -OCH3 is 1. The minimum absolute atomic E-state index is 0.0599. The summed E-state index contributed by atoms with van der Waals surface area (Å²) in [6.45, 7) is 0. The largest absolute Gasteiger partial charge is 0.495 e. The van der Waals surface area contributed by atoms with E-state index < -0.39 is 36.6 Å². The third kappa shape index (κ3) is 5.06. The fourth-order valence-electron chi connectivity index (χ4n) is 2.55. The number of anilines is 2. The summed E-state index contributed by atoms with van der Waals surface area (Å²) in [5.74, 6) is -2.61. The van der Waals surface area contributed by atoms with E-state index in [2.05, 4.69) is 9.44 Å². The lowest BCUT2D eigenvalue weighted by Crippen LogP contribution is -2.16. The van der Waals surface area contributed by atoms with E-state index >= 15 is 0 Å². The minimum atomic E-state index is -4.33. The van der Waals surface area contributed by atoms with Gasteiger partial charge in [0.1, 0.15) is 10.6 Å². The van der Waals surface area contributed by atoms with Gasteiger partial charge >= 0.3 is 0 Å². The summed E-state index contributed by atoms with van der Waals surface area (Å²) >= 11 is 5.99. The molecule has 3 rings (SSSR count). The molecule has 3 aromatic rings. The first-order chi connectivity index (χ1) is 14.5. The molecule has 31 heavy (non-hydrogen) atoms. The highest BCUT2D eigenvalue weighted by molar-refractivity contribution is 7.93. The van der Waals surface area contributed by atoms with Crippen LogP contribution >= 0.6 is 11.6 Å². The topological polar surface area (TPSA) is 102 Å². The number of para-hydroxylation sites is 1. The van der Waals surface area contributed by atoms with Crippen molar-refractivity contribution >= 4 is 43.0 Å². The highest BCUT2D eigenvalue weighted by atomic mass is 35.5. The third-order valence-corrected chi connectivity index (χ3v) is 7.12. The van der Waals surface area contributed by atoms with Gasteiger partial charge in [-0.05, 0) is 48.5 Å². The van der Waals surface area contributed by atoms with Crippen molar-refractivity contribution in [2.45, 2.75) is 9.79 Å². The average Bonchev–Trinajstić information content (AvgIpc) is 2.71. The Labute approximate surface area is 182 Å². The van der Waals surface area contributed by atoms with Crippen LogP contribution in [0.1, 0.15) is 0 Å². The van der Waals surface area contributed by atoms with Gasteiger partial charge in [-0.2, -0.15) is 0 Å². The van der Waals surface area contributed by atoms with Gasteiger partial charge in [0.25, 0.3) is 20.0 Å². The lowest BCUT2D eigenvalue weighted by molar-refractivity contribution is 0.403. The van der Waals surface area contributed by atoms with Gasteiger partial charge in [-0.25, -0.2) is 25.6 Å². The van der Waals surface area contributed by atoms with Crippen LogP contribution in [0.15, 0.2) is 70.5 Å². The number of hydrogen-bond donors (Lipinski definition) is 2. The van der Waals surface area contributed by atoms with Crippen LogP contribution in [0.5, 0.6) is 5.75 Å². The van der Waals surface area contributed by atoms with Gasteiger partial charge in [-0.3, -0.25) is 9.44 Å². The van der Waals surface area contributed by atoms with Crippen molar-refractivity contribution < 1.29 is 30.4 Å². The van der Waals surface area contributed by atoms with Gasteiger partial charge < -0.3 is 4.74 Å². The van der Waals surface area contributed by atoms with Crippen LogP contribution < -0.4 is 14.2 Å². The van der Waals surface area contributed by atoms with Crippen LogP contribution in [0.2, 0.25) is 5.02 Å². The number of hydrogen-bond acceptors (Lipinski definition) is 5. The second kappa shape index (κ2) is 8.69. The van der Waals surface area contributed by atoms with Gasteiger partial charge in [-0.15, -0.1) is 0 Å². The Balaban J connectivity index is 1.98. The molecular formula is C19H15ClF2N2O5S2. The zero-order valence-electron chi connectivity index (χ0n) is 15.8. The number of sulfonamides is 2. The summed E-state index contributed by atoms with van der Waals surface area (Å²) < 4.78 is 86.8. The van der Waals surface area contributed by atoms with Gasteiger partial charge in [0.15, 0.2) is 11.6 Å². The molecule has 0 unspecified atom stereocenters. The lowest BCUT2D eigenvalue weighted by Gasteiger charge is -2.15. The Morgan fingerprint density at radius 2 is 1.55 bits per heavy atom. The monoisotopic (exact) mass is 488 g/mol. The van der Waals surface area contributed by atoms with Crippen molar-refractivity contribution in [2.75, 3.05) is 16.6 Å². The molecule has 0 bridgehead atoms. The molecule has 0 atom stereocenters. The molecule has 0 fully saturated rings. The van der Waals surface area contributed by atoms with Crippen LogP contribution in [0.25, 0.3) is 0 Å². The molecule has 0 saturated carbocycles. The zero-order valence-corrected chi connectivity index (χ0v) is 18.2. The number of rotatable bonds is 7. The SMILES string of the molecule is COc1ccc(NS(=O)(=O)c2ccc(F)c(F)c2)cc1S(=O)(=O)Nc1ccccc1Cl. The molecule has 3 aromatic carbocycles. The van der Waals surface area contributed by atoms with E-state index in [1.54, 1.807) is 12.1 Å². The van der Waals surface area contributed by atoms with Gasteiger partial charge in [0, 0.05) is 0 Å². The molecule has 0 saturated heterocycles. The second-order valence-corrected chi connectivity index (χ2v) is 9.87. The lowest BCUT2D eigenvalue weighted by atomic mass is 10.3. The molecule has 0 aliphatic heterocycles. The number of ether oxygens (including phenoxy) is 1. The molecule has 0 aromatic heterocycles. The van der Waals surface area contributed by atoms with Crippen LogP contribution in [0.4, 0.5) is 20.2 Å². The Morgan fingerprint density at radius 3 is 2.19 bits per heavy atom. The molecule has 0 heterocycles. The van der Waals surface area contributed by atoms with E-state index in [0.29, 0.717) is 12.1 Å². The molecule has 0 radical (unpaired) electrons. The molecule has 7 nitrogen and oxygen atoms in total. The van der Waals surface area contributed by atoms with Crippen LogP contribution in [0, 0.1) is 11.6 Å². The highest BCUT2D eigenvalue weighted by Gasteiger charge is 2.23. The first-order valence-electron chi connectivity index (χ1n) is 8.47. The predicted molar refractivity (Wildman–Crippen MR) is 112 cm³/mol. The summed E-state index contributed by atoms with van der Waals surface area (Å²) in [4.78, 5) is -0.916. The molecule has 164 valence electrons. The van der Waals surface area contributed by atoms with E-state index in [4.69, 9.17) is 16.3 Å². The van der Waals surface area contributed by atoms with Crippen molar-refractivity contribution in [3.8, 4) is 5.75 Å². The Kier molecular flexibility index (Phi) is 6.39. The van der Waals surface area contributed by atoms with E-state index in [0.717, 1.165) is 12.1 Å². The molecule has 0 aliphatic rings. The fourth-order valence-corrected chi connectivity index (χ4v) is 5.13. The van der Waals surface area contributed by atoms with Crippen molar-refractivity contribution in [3.63, 3.8) is 0 Å². The maximum absolute atomic E-state index is 13.4. The Hall–Kier alpha value is -2.89. The summed E-state index contributed by atoms with van der Waals surface area (Å²) in [7, 11) is -7.33. The fraction of sp³-hybridized carbons (Fsp3) is 0.0526. The van der Waals surface area contributed by atoms with Crippen molar-refractivity contribution in [2.24, 2.45) is 0 Å². The van der Waals surface area contributed by atoms with E-state index in [-0.39, 0.29) is 27.0 Å². The van der Waals surface area contributed by atoms with Crippen molar-refractivity contribution in [1.82, 2.24) is 0 Å². The average molecular weight is 489 g/mol. The van der Waals surface area contributed by atoms with E-state index in [9.17, 15) is 25.6 Å². The van der Waals surface area contributed by atoms with Gasteiger partial charge in [-0.1, -0.05) is 23.7 Å². The van der Waals surface area contributed by atoms with Crippen LogP contribution in [-0.2, 0) is 20.0 Å². The molecule has 0 aliphatic carbocycles. The first kappa shape index (κ1) is 22.8. The molecule has 2 N–H and O–H groups in total. The van der Waals surface area contributed by atoms with Gasteiger partial charge in [0.05, 0.1) is 28.4 Å². The highest BCUT2D eigenvalue weighted by Crippen LogP contribution is 2.31. The summed E-state index contributed by atoms with van der Waals surface area (Å²) in [6.07, 6.45) is 0. The summed E-state index contributed by atoms with van der Waals surface area (Å²) in [6, 6.07) is 11.7. The summed E-state index contributed by atoms with van der Waals surface area (Å²) in [5.41, 5.74) is -0.0379. The van der Waals surface area contributed by atoms with Crippen molar-refractivity contribution in [1.29, 1.82) is 0 Å². The number of halogens is 3. The predicted octanol–water partition coefficient (Wildman–Crippen LogP) is 4.23. The summed E-state index contributed by atoms with van der Waals surface area (Å²) in [5, 5.41) is 0.153. The zero-order chi connectivity index (χ0) is 22.8. The minimum Gasteiger partial charge on any atom is -0.495 e. The number of nitrogens with one attached hydrogen (secondary N) is 2.